The number of carbonyl (C=O) groups excluding carboxylic acids is 1. The van der Waals surface area contributed by atoms with E-state index in [1.54, 1.807) is 0 Å². The molecule has 13 heavy (non-hydrogen) atoms. The summed E-state index contributed by atoms with van der Waals surface area (Å²) in [4.78, 5) is 12.8. The molecule has 0 amide bonds. The molecule has 0 aromatic carbocycles. The molecule has 3 heterocycles. The lowest BCUT2D eigenvalue weighted by atomic mass is 9.86. The molecule has 0 N–H and O–H groups in total. The van der Waals surface area contributed by atoms with Crippen LogP contribution in [0.3, 0.4) is 0 Å². The molecule has 0 radical (unpaired) electrons. The average Bonchev–Trinajstić information content (AvgIpc) is 2.05. The fourth-order valence-corrected chi connectivity index (χ4v) is 2.28. The first-order chi connectivity index (χ1) is 5.75. The Morgan fingerprint density at radius 2 is 2.00 bits per heavy atom. The quantitative estimate of drug-likeness (QED) is 0.639. The molecular weight excluding hydrogens is 213 g/mol. The minimum Gasteiger partial charge on any atom is -0.449 e. The summed E-state index contributed by atoms with van der Waals surface area (Å²) in [5.74, 6) is 0.553. The Balaban J connectivity index is 0.000000845. The number of piperidine rings is 3. The molecule has 0 saturated carbocycles. The van der Waals surface area contributed by atoms with E-state index in [9.17, 15) is 4.79 Å². The zero-order valence-corrected chi connectivity index (χ0v) is 8.81. The average molecular weight is 226 g/mol. The van der Waals surface area contributed by atoms with E-state index in [0.29, 0.717) is 5.92 Å². The highest BCUT2D eigenvalue weighted by Crippen LogP contribution is 2.29. The van der Waals surface area contributed by atoms with E-state index in [-0.39, 0.29) is 18.5 Å². The molecule has 2 bridgehead atoms. The maximum atomic E-state index is 10.5. The van der Waals surface area contributed by atoms with Crippen LogP contribution in [-0.4, -0.2) is 36.1 Å². The number of fused-ring (bicyclic) bond motifs is 3. The topological polar surface area (TPSA) is 29.5 Å². The van der Waals surface area contributed by atoms with Crippen molar-refractivity contribution < 1.29 is 9.53 Å². The van der Waals surface area contributed by atoms with Gasteiger partial charge in [0, 0.05) is 18.1 Å². The van der Waals surface area contributed by atoms with Crippen LogP contribution in [0.15, 0.2) is 0 Å². The standard InChI is InChI=1S/C8H12ClNO2.ClH/c9-8(11)12-7-5-10-3-1-6(7)2-4-10;/h6-7H,1-5H2;1H/t7-;/m1./s1. The minimum atomic E-state index is -0.659. The van der Waals surface area contributed by atoms with Crippen molar-refractivity contribution in [3.05, 3.63) is 0 Å². The van der Waals surface area contributed by atoms with Crippen molar-refractivity contribution >= 4 is 29.4 Å². The molecule has 1 atom stereocenters. The van der Waals surface area contributed by atoms with Gasteiger partial charge in [0.25, 0.3) is 0 Å². The molecule has 0 aromatic rings. The Kier molecular flexibility index (Phi) is 3.83. The molecule has 0 aromatic heterocycles. The van der Waals surface area contributed by atoms with Crippen molar-refractivity contribution in [1.82, 2.24) is 4.90 Å². The van der Waals surface area contributed by atoms with Gasteiger partial charge in [-0.1, -0.05) is 0 Å². The number of hydrogen-bond donors (Lipinski definition) is 0. The Labute approximate surface area is 88.8 Å². The Hall–Kier alpha value is 0.01000. The second kappa shape index (κ2) is 4.49. The molecule has 0 aliphatic carbocycles. The lowest BCUT2D eigenvalue weighted by Gasteiger charge is -2.43. The summed E-state index contributed by atoms with van der Waals surface area (Å²) >= 11 is 5.17. The molecule has 5 heteroatoms. The first kappa shape index (κ1) is 11.1. The summed E-state index contributed by atoms with van der Waals surface area (Å²) in [6, 6.07) is 0. The molecule has 3 rings (SSSR count). The van der Waals surface area contributed by atoms with Crippen molar-refractivity contribution in [1.29, 1.82) is 0 Å². The fourth-order valence-electron chi connectivity index (χ4n) is 2.16. The van der Waals surface area contributed by atoms with Gasteiger partial charge in [-0.05, 0) is 31.8 Å². The highest BCUT2D eigenvalue weighted by Gasteiger charge is 2.36. The van der Waals surface area contributed by atoms with Gasteiger partial charge >= 0.3 is 5.43 Å². The van der Waals surface area contributed by atoms with Gasteiger partial charge in [0.2, 0.25) is 0 Å². The van der Waals surface area contributed by atoms with Crippen LogP contribution in [0.5, 0.6) is 0 Å². The number of ether oxygens (including phenoxy) is 1. The van der Waals surface area contributed by atoms with Crippen molar-refractivity contribution in [2.45, 2.75) is 18.9 Å². The zero-order valence-electron chi connectivity index (χ0n) is 7.24. The van der Waals surface area contributed by atoms with Crippen molar-refractivity contribution in [3.8, 4) is 0 Å². The third-order valence-corrected chi connectivity index (χ3v) is 2.93. The zero-order chi connectivity index (χ0) is 8.55. The molecule has 3 aliphatic rings. The van der Waals surface area contributed by atoms with Gasteiger partial charge in [0.05, 0.1) is 0 Å². The lowest BCUT2D eigenvalue weighted by molar-refractivity contribution is -0.0255. The Morgan fingerprint density at radius 3 is 2.38 bits per heavy atom. The van der Waals surface area contributed by atoms with Crippen LogP contribution in [0.25, 0.3) is 0 Å². The van der Waals surface area contributed by atoms with Gasteiger partial charge in [-0.15, -0.1) is 12.4 Å². The van der Waals surface area contributed by atoms with E-state index in [1.807, 2.05) is 0 Å². The van der Waals surface area contributed by atoms with Gasteiger partial charge in [-0.2, -0.15) is 0 Å². The van der Waals surface area contributed by atoms with Crippen LogP contribution < -0.4 is 0 Å². The van der Waals surface area contributed by atoms with Crippen LogP contribution in [0.4, 0.5) is 4.79 Å². The summed E-state index contributed by atoms with van der Waals surface area (Å²) in [5, 5.41) is 0. The SMILES string of the molecule is Cl.O=C(Cl)O[C@@H]1CN2CCC1CC2. The van der Waals surface area contributed by atoms with Crippen LogP contribution in [-0.2, 0) is 4.74 Å². The van der Waals surface area contributed by atoms with E-state index in [1.165, 1.54) is 0 Å². The number of hydrogen-bond acceptors (Lipinski definition) is 3. The number of rotatable bonds is 1. The number of carbonyl (C=O) groups is 1. The van der Waals surface area contributed by atoms with Gasteiger partial charge in [0.1, 0.15) is 6.10 Å². The normalized spacial score (nSPS) is 36.5. The summed E-state index contributed by atoms with van der Waals surface area (Å²) in [6.45, 7) is 3.19. The van der Waals surface area contributed by atoms with Crippen LogP contribution in [0.1, 0.15) is 12.8 Å². The van der Waals surface area contributed by atoms with Crippen molar-refractivity contribution in [2.24, 2.45) is 5.92 Å². The van der Waals surface area contributed by atoms with Gasteiger partial charge in [0.15, 0.2) is 0 Å². The van der Waals surface area contributed by atoms with E-state index < -0.39 is 5.43 Å². The minimum absolute atomic E-state index is 0. The van der Waals surface area contributed by atoms with Crippen LogP contribution in [0, 0.1) is 5.92 Å². The highest BCUT2D eigenvalue weighted by molar-refractivity contribution is 6.61. The third-order valence-electron chi connectivity index (χ3n) is 2.84. The second-order valence-electron chi connectivity index (χ2n) is 3.53. The number of nitrogens with zero attached hydrogens (tertiary/aromatic N) is 1. The largest absolute Gasteiger partial charge is 0.449 e. The monoisotopic (exact) mass is 225 g/mol. The highest BCUT2D eigenvalue weighted by atomic mass is 35.5. The third kappa shape index (κ3) is 2.48. The molecule has 0 spiro atoms. The molecule has 0 unspecified atom stereocenters. The smallest absolute Gasteiger partial charge is 0.404 e. The summed E-state index contributed by atoms with van der Waals surface area (Å²) in [5.41, 5.74) is -0.659. The van der Waals surface area contributed by atoms with Crippen molar-refractivity contribution in [2.75, 3.05) is 19.6 Å². The van der Waals surface area contributed by atoms with Gasteiger partial charge in [-0.25, -0.2) is 4.79 Å². The summed E-state index contributed by atoms with van der Waals surface area (Å²) in [7, 11) is 0. The molecule has 76 valence electrons. The van der Waals surface area contributed by atoms with E-state index in [2.05, 4.69) is 4.90 Å². The van der Waals surface area contributed by atoms with E-state index >= 15 is 0 Å². The van der Waals surface area contributed by atoms with Gasteiger partial charge in [-0.3, -0.25) is 4.90 Å². The first-order valence-corrected chi connectivity index (χ1v) is 4.72. The second-order valence-corrected chi connectivity index (χ2v) is 3.84. The molecular formula is C8H13Cl2NO2. The fraction of sp³-hybridized carbons (Fsp3) is 0.875. The molecule has 3 aliphatic heterocycles. The Morgan fingerprint density at radius 1 is 1.38 bits per heavy atom. The van der Waals surface area contributed by atoms with Crippen molar-refractivity contribution in [3.63, 3.8) is 0 Å². The maximum absolute atomic E-state index is 10.5. The van der Waals surface area contributed by atoms with Crippen LogP contribution in [0.2, 0.25) is 0 Å². The van der Waals surface area contributed by atoms with Gasteiger partial charge < -0.3 is 4.74 Å². The summed E-state index contributed by atoms with van der Waals surface area (Å²) < 4.78 is 5.01. The molecule has 3 fully saturated rings. The number of halogens is 2. The summed E-state index contributed by atoms with van der Waals surface area (Å²) in [6.07, 6.45) is 2.35. The van der Waals surface area contributed by atoms with Crippen LogP contribution >= 0.6 is 24.0 Å². The van der Waals surface area contributed by atoms with E-state index in [4.69, 9.17) is 16.3 Å². The Bertz CT molecular complexity index is 193. The molecule has 3 saturated heterocycles. The maximum Gasteiger partial charge on any atom is 0.404 e. The molecule has 3 nitrogen and oxygen atoms in total. The predicted molar refractivity (Wildman–Crippen MR) is 52.5 cm³/mol. The van der Waals surface area contributed by atoms with E-state index in [0.717, 1.165) is 32.5 Å². The predicted octanol–water partition coefficient (Wildman–Crippen LogP) is 1.88. The first-order valence-electron chi connectivity index (χ1n) is 4.34. The lowest BCUT2D eigenvalue weighted by Crippen LogP contribution is -2.51.